The van der Waals surface area contributed by atoms with Gasteiger partial charge in [-0.2, -0.15) is 0 Å². The molecule has 78 heavy (non-hydrogen) atoms. The average Bonchev–Trinajstić information content (AvgIpc) is 3.39. The first kappa shape index (κ1) is 72.9. The Kier molecular flexibility index (Phi) is 40.7. The fourth-order valence-corrected chi connectivity index (χ4v) is 10.8. The van der Waals surface area contributed by atoms with E-state index in [0.29, 0.717) is 17.4 Å². The molecule has 0 bridgehead atoms. The molecule has 0 aliphatic carbocycles. The van der Waals surface area contributed by atoms with Crippen LogP contribution in [-0.2, 0) is 37.4 Å². The maximum absolute atomic E-state index is 13.3. The number of allylic oxidation sites excluding steroid dienone is 1. The van der Waals surface area contributed by atoms with Crippen molar-refractivity contribution in [3.05, 3.63) is 12.2 Å². The van der Waals surface area contributed by atoms with Gasteiger partial charge in [-0.05, 0) is 25.2 Å². The molecule has 2 fully saturated rings. The van der Waals surface area contributed by atoms with Crippen molar-refractivity contribution in [2.45, 2.75) is 300 Å². The first-order valence-electron chi connectivity index (χ1n) is 31.0. The largest absolute Gasteiger partial charge is 0.472 e. The predicted molar refractivity (Wildman–Crippen MR) is 305 cm³/mol. The van der Waals surface area contributed by atoms with Crippen molar-refractivity contribution in [3.63, 3.8) is 0 Å². The molecule has 0 aromatic carbocycles. The maximum Gasteiger partial charge on any atom is 0.472 e. The van der Waals surface area contributed by atoms with Crippen LogP contribution in [0.3, 0.4) is 0 Å². The number of quaternary nitrogens is 1. The highest BCUT2D eigenvalue weighted by Gasteiger charge is 2.48. The third kappa shape index (κ3) is 33.8. The normalized spacial score (nSPS) is 26.0. The number of phosphoric acid groups is 1. The van der Waals surface area contributed by atoms with Crippen molar-refractivity contribution in [1.82, 2.24) is 5.32 Å². The summed E-state index contributed by atoms with van der Waals surface area (Å²) in [7, 11) is 0.994. The number of phosphoric ester groups is 1. The molecule has 14 atom stereocenters. The minimum Gasteiger partial charge on any atom is -0.387 e. The monoisotopic (exact) mass is 1140 g/mol. The van der Waals surface area contributed by atoms with Crippen LogP contribution >= 0.6 is 7.82 Å². The Labute approximate surface area is 471 Å². The Bertz CT molecular complexity index is 1550. The molecule has 18 nitrogen and oxygen atoms in total. The van der Waals surface area contributed by atoms with E-state index in [-0.39, 0.29) is 25.5 Å². The molecule has 2 rings (SSSR count). The highest BCUT2D eigenvalue weighted by Crippen LogP contribution is 2.44. The molecule has 0 aromatic heterocycles. The molecule has 0 spiro atoms. The smallest absolute Gasteiger partial charge is 0.387 e. The lowest BCUT2D eigenvalue weighted by molar-refractivity contribution is -0.870. The van der Waals surface area contributed by atoms with Gasteiger partial charge < -0.3 is 69.4 Å². The summed E-state index contributed by atoms with van der Waals surface area (Å²) in [6.45, 7) is 5.46. The maximum atomic E-state index is 13.3. The van der Waals surface area contributed by atoms with E-state index in [4.69, 9.17) is 28.0 Å². The molecule has 0 radical (unpaired) electrons. The number of ether oxygens (including phenoxy) is 4. The van der Waals surface area contributed by atoms with Gasteiger partial charge in [-0.15, -0.1) is 0 Å². The average molecular weight is 1140 g/mol. The third-order valence-electron chi connectivity index (χ3n) is 15.3. The van der Waals surface area contributed by atoms with Gasteiger partial charge in [-0.25, -0.2) is 4.57 Å². The second-order valence-corrected chi connectivity index (χ2v) is 25.3. The van der Waals surface area contributed by atoms with E-state index < -0.39 is 94.6 Å². The zero-order chi connectivity index (χ0) is 57.6. The van der Waals surface area contributed by atoms with Crippen molar-refractivity contribution < 1.29 is 82.5 Å². The second-order valence-electron chi connectivity index (χ2n) is 23.8. The van der Waals surface area contributed by atoms with Crippen LogP contribution in [0.25, 0.3) is 0 Å². The zero-order valence-corrected chi connectivity index (χ0v) is 50.5. The predicted octanol–water partition coefficient (Wildman–Crippen LogP) is 9.04. The quantitative estimate of drug-likeness (QED) is 0.0119. The minimum atomic E-state index is -4.61. The zero-order valence-electron chi connectivity index (χ0n) is 49.6. The molecule has 0 saturated carbocycles. The fourth-order valence-electron chi connectivity index (χ4n) is 10.1. The Morgan fingerprint density at radius 2 is 1.03 bits per heavy atom. The van der Waals surface area contributed by atoms with Crippen LogP contribution in [-0.4, -0.2) is 179 Å². The fraction of sp³-hybridized carbons (Fsp3) is 0.949. The highest BCUT2D eigenvalue weighted by atomic mass is 31.2. The van der Waals surface area contributed by atoms with Crippen molar-refractivity contribution >= 4 is 13.7 Å². The molecule has 19 heteroatoms. The van der Waals surface area contributed by atoms with Gasteiger partial charge in [0, 0.05) is 6.42 Å². The molecular formula is C59H116N2O16P+. The number of amides is 1. The van der Waals surface area contributed by atoms with E-state index in [1.165, 1.54) is 148 Å². The van der Waals surface area contributed by atoms with E-state index >= 15 is 0 Å². The van der Waals surface area contributed by atoms with Crippen LogP contribution < -0.4 is 5.32 Å². The molecule has 1 amide bonds. The van der Waals surface area contributed by atoms with E-state index in [0.717, 1.165) is 50.9 Å². The molecular weight excluding hydrogens is 1020 g/mol. The minimum absolute atomic E-state index is 0.112. The number of unbranched alkanes of at least 4 members (excludes halogenated alkanes) is 26. The van der Waals surface area contributed by atoms with E-state index in [1.54, 1.807) is 6.08 Å². The second kappa shape index (κ2) is 43.5. The summed E-state index contributed by atoms with van der Waals surface area (Å²) in [5.74, 6) is 0.540. The number of nitrogens with one attached hydrogen (secondary N) is 1. The number of aliphatic hydroxyl groups is 7. The number of rotatable bonds is 49. The summed E-state index contributed by atoms with van der Waals surface area (Å²) in [5.41, 5.74) is 0. The lowest BCUT2D eigenvalue weighted by atomic mass is 9.98. The van der Waals surface area contributed by atoms with Gasteiger partial charge in [0.25, 0.3) is 0 Å². The molecule has 0 aromatic rings. The Morgan fingerprint density at radius 1 is 0.577 bits per heavy atom. The first-order valence-corrected chi connectivity index (χ1v) is 32.5. The van der Waals surface area contributed by atoms with Gasteiger partial charge in [0.1, 0.15) is 62.0 Å². The van der Waals surface area contributed by atoms with E-state index in [9.17, 15) is 50.0 Å². The Morgan fingerprint density at radius 3 is 1.51 bits per heavy atom. The van der Waals surface area contributed by atoms with E-state index in [2.05, 4.69) is 26.1 Å². The number of aliphatic hydroxyl groups excluding tert-OH is 7. The van der Waals surface area contributed by atoms with Gasteiger partial charge in [-0.1, -0.05) is 213 Å². The van der Waals surface area contributed by atoms with E-state index in [1.807, 2.05) is 27.2 Å². The molecule has 2 saturated heterocycles. The topological polar surface area (TPSA) is 263 Å². The molecule has 462 valence electrons. The molecule has 2 heterocycles. The molecule has 2 unspecified atom stereocenters. The van der Waals surface area contributed by atoms with Gasteiger partial charge >= 0.3 is 7.82 Å². The van der Waals surface area contributed by atoms with Gasteiger partial charge in [0.2, 0.25) is 5.91 Å². The van der Waals surface area contributed by atoms with Crippen molar-refractivity contribution in [3.8, 4) is 0 Å². The van der Waals surface area contributed by atoms with Crippen LogP contribution in [0.2, 0.25) is 0 Å². The Hall–Kier alpha value is -1.16. The van der Waals surface area contributed by atoms with Crippen LogP contribution in [0.5, 0.6) is 0 Å². The van der Waals surface area contributed by atoms with Gasteiger partial charge in [0.05, 0.1) is 53.1 Å². The molecule has 9 N–H and O–H groups in total. The van der Waals surface area contributed by atoms with Crippen molar-refractivity contribution in [2.75, 3.05) is 54.1 Å². The summed E-state index contributed by atoms with van der Waals surface area (Å²) in [6.07, 6.45) is 23.8. The standard InChI is InChI=1S/C59H115N2O16P/c1-7-9-10-11-12-13-14-15-16-17-18-19-20-21-22-23-27-30-33-36-40-51(63)60-47(48(62)39-35-32-29-26-24-25-28-31-34-38-46(3)37-8-2)43-72-58-56(68)54(66)52(64)49(76-58)44-73-59-57(69)55(67)53(65)50(77-59)45-75-78(70,71)74-42-41-61(4,5)6/h35,39,46-50,52-59,62,64-69H,7-34,36-38,40-45H2,1-6H3,(H-,60,63,70,71)/p+1/b39-35+/t46?,47-,48+,49+,50+,52-,53-,54-,55-,56+,57+,58+,59+/m0/s1. The molecule has 2 aliphatic heterocycles. The highest BCUT2D eigenvalue weighted by molar-refractivity contribution is 7.47. The van der Waals surface area contributed by atoms with Gasteiger partial charge in [-0.3, -0.25) is 13.8 Å². The Balaban J connectivity index is 1.89. The first-order chi connectivity index (χ1) is 37.3. The summed E-state index contributed by atoms with van der Waals surface area (Å²) in [4.78, 5) is 23.5. The van der Waals surface area contributed by atoms with Crippen molar-refractivity contribution in [1.29, 1.82) is 0 Å². The van der Waals surface area contributed by atoms with Crippen LogP contribution in [0.15, 0.2) is 12.2 Å². The molecule has 2 aliphatic rings. The number of carbonyl (C=O) groups excluding carboxylic acids is 1. The van der Waals surface area contributed by atoms with Gasteiger partial charge in [0.15, 0.2) is 12.6 Å². The SMILES string of the molecule is CCCCCCCCCCCCCCCCCCCCCCC(=O)N[C@@H](CO[C@@H]1O[C@H](CO[C@@H]2O[C@H](COP(=O)(O)OCC[N+](C)(C)C)[C@H](O)[C@H](O)[C@H]2O)[C@H](O)[C@H](O)[C@H]1O)[C@H](O)/C=C/CCCCCCCCCC(C)CCC. The lowest BCUT2D eigenvalue weighted by Gasteiger charge is -2.43. The summed E-state index contributed by atoms with van der Waals surface area (Å²) >= 11 is 0. The summed E-state index contributed by atoms with van der Waals surface area (Å²) in [5, 5.41) is 78.9. The number of hydrogen-bond donors (Lipinski definition) is 9. The number of likely N-dealkylation sites (N-methyl/N-ethyl adjacent to an activating group) is 1. The van der Waals surface area contributed by atoms with Crippen LogP contribution in [0.4, 0.5) is 0 Å². The van der Waals surface area contributed by atoms with Crippen LogP contribution in [0.1, 0.15) is 226 Å². The van der Waals surface area contributed by atoms with Crippen molar-refractivity contribution in [2.24, 2.45) is 5.92 Å². The number of nitrogens with zero attached hydrogens (tertiary/aromatic N) is 1. The number of hydrogen-bond acceptors (Lipinski definition) is 15. The lowest BCUT2D eigenvalue weighted by Crippen LogP contribution is -2.62. The number of carbonyl (C=O) groups is 1. The summed E-state index contributed by atoms with van der Waals surface area (Å²) in [6, 6.07) is -0.955. The van der Waals surface area contributed by atoms with Crippen LogP contribution in [0, 0.1) is 5.92 Å². The third-order valence-corrected chi connectivity index (χ3v) is 16.3. The summed E-state index contributed by atoms with van der Waals surface area (Å²) < 4.78 is 46.0.